The quantitative estimate of drug-likeness (QED) is 0.762. The second kappa shape index (κ2) is 7.34. The molecule has 0 aliphatic carbocycles. The predicted octanol–water partition coefficient (Wildman–Crippen LogP) is 5.41. The van der Waals surface area contributed by atoms with Crippen molar-refractivity contribution in [2.45, 2.75) is 25.8 Å². The van der Waals surface area contributed by atoms with Crippen molar-refractivity contribution >= 4 is 21.6 Å². The van der Waals surface area contributed by atoms with Crippen molar-refractivity contribution in [3.8, 4) is 5.75 Å². The third kappa shape index (κ3) is 4.01. The first-order valence-electron chi connectivity index (χ1n) is 6.89. The molecule has 0 heterocycles. The van der Waals surface area contributed by atoms with Gasteiger partial charge in [-0.25, -0.2) is 0 Å². The first-order chi connectivity index (χ1) is 9.72. The van der Waals surface area contributed by atoms with E-state index in [1.54, 1.807) is 7.11 Å². The molecule has 2 aromatic rings. The summed E-state index contributed by atoms with van der Waals surface area (Å²) in [5.74, 6) is 0.852. The molecule has 0 fully saturated rings. The van der Waals surface area contributed by atoms with Gasteiger partial charge in [0.1, 0.15) is 5.75 Å². The number of ether oxygens (including phenoxy) is 1. The van der Waals surface area contributed by atoms with Gasteiger partial charge in [-0.05, 0) is 24.1 Å². The van der Waals surface area contributed by atoms with Crippen LogP contribution in [-0.2, 0) is 0 Å². The number of halogens is 1. The molecule has 0 radical (unpaired) electrons. The Morgan fingerprint density at radius 2 is 1.90 bits per heavy atom. The molecule has 0 saturated heterocycles. The lowest BCUT2D eigenvalue weighted by Gasteiger charge is -2.20. The van der Waals surface area contributed by atoms with Gasteiger partial charge >= 0.3 is 0 Å². The second-order valence-corrected chi connectivity index (χ2v) is 5.69. The summed E-state index contributed by atoms with van der Waals surface area (Å²) in [6, 6.07) is 16.9. The van der Waals surface area contributed by atoms with Crippen molar-refractivity contribution in [2.75, 3.05) is 12.4 Å². The lowest BCUT2D eigenvalue weighted by molar-refractivity contribution is 0.414. The van der Waals surface area contributed by atoms with E-state index in [1.807, 2.05) is 12.1 Å². The number of nitrogens with one attached hydrogen (secondary N) is 1. The van der Waals surface area contributed by atoms with Crippen LogP contribution in [0.25, 0.3) is 0 Å². The maximum atomic E-state index is 5.31. The molecule has 0 aliphatic heterocycles. The molecule has 0 amide bonds. The highest BCUT2D eigenvalue weighted by atomic mass is 79.9. The maximum absolute atomic E-state index is 5.31. The smallest absolute Gasteiger partial charge is 0.122 e. The van der Waals surface area contributed by atoms with E-state index in [-0.39, 0.29) is 0 Å². The fraction of sp³-hybridized carbons (Fsp3) is 0.294. The van der Waals surface area contributed by atoms with Crippen LogP contribution >= 0.6 is 15.9 Å². The van der Waals surface area contributed by atoms with Crippen LogP contribution in [0.15, 0.2) is 53.0 Å². The zero-order valence-corrected chi connectivity index (χ0v) is 13.5. The van der Waals surface area contributed by atoms with Crippen LogP contribution in [-0.4, -0.2) is 7.11 Å². The minimum Gasteiger partial charge on any atom is -0.497 e. The Bertz CT molecular complexity index is 542. The monoisotopic (exact) mass is 333 g/mol. The van der Waals surface area contributed by atoms with E-state index in [0.29, 0.717) is 6.04 Å². The number of rotatable bonds is 6. The first-order valence-corrected chi connectivity index (χ1v) is 7.68. The molecule has 0 saturated carbocycles. The maximum Gasteiger partial charge on any atom is 0.122 e. The molecule has 2 nitrogen and oxygen atoms in total. The molecule has 0 bridgehead atoms. The fourth-order valence-electron chi connectivity index (χ4n) is 2.26. The molecule has 3 heteroatoms. The van der Waals surface area contributed by atoms with Gasteiger partial charge in [0.15, 0.2) is 0 Å². The van der Waals surface area contributed by atoms with Gasteiger partial charge in [-0.15, -0.1) is 0 Å². The van der Waals surface area contributed by atoms with E-state index < -0.39 is 0 Å². The van der Waals surface area contributed by atoms with Crippen LogP contribution in [0.2, 0.25) is 0 Å². The van der Waals surface area contributed by atoms with Crippen LogP contribution in [0, 0.1) is 0 Å². The molecular weight excluding hydrogens is 314 g/mol. The summed E-state index contributed by atoms with van der Waals surface area (Å²) in [7, 11) is 1.69. The van der Waals surface area contributed by atoms with Crippen molar-refractivity contribution in [2.24, 2.45) is 0 Å². The summed E-state index contributed by atoms with van der Waals surface area (Å²) in [4.78, 5) is 0. The predicted molar refractivity (Wildman–Crippen MR) is 88.4 cm³/mol. The number of hydrogen-bond acceptors (Lipinski definition) is 2. The molecule has 2 aromatic carbocycles. The summed E-state index contributed by atoms with van der Waals surface area (Å²) >= 11 is 3.52. The molecule has 1 atom stereocenters. The third-order valence-electron chi connectivity index (χ3n) is 3.23. The van der Waals surface area contributed by atoms with Gasteiger partial charge in [0.05, 0.1) is 13.2 Å². The van der Waals surface area contributed by atoms with Gasteiger partial charge < -0.3 is 10.1 Å². The number of hydrogen-bond donors (Lipinski definition) is 1. The van der Waals surface area contributed by atoms with Crippen LogP contribution in [0.3, 0.4) is 0 Å². The van der Waals surface area contributed by atoms with E-state index in [0.717, 1.165) is 28.8 Å². The molecule has 106 valence electrons. The van der Waals surface area contributed by atoms with Crippen molar-refractivity contribution in [1.29, 1.82) is 0 Å². The van der Waals surface area contributed by atoms with Crippen molar-refractivity contribution in [1.82, 2.24) is 0 Å². The van der Waals surface area contributed by atoms with Gasteiger partial charge in [0.2, 0.25) is 0 Å². The normalized spacial score (nSPS) is 11.9. The Balaban J connectivity index is 2.22. The Kier molecular flexibility index (Phi) is 5.48. The topological polar surface area (TPSA) is 21.3 Å². The van der Waals surface area contributed by atoms with Crippen LogP contribution < -0.4 is 10.1 Å². The van der Waals surface area contributed by atoms with E-state index >= 15 is 0 Å². The third-order valence-corrected chi connectivity index (χ3v) is 3.69. The van der Waals surface area contributed by atoms with Gasteiger partial charge in [-0.1, -0.05) is 59.6 Å². The molecule has 1 unspecified atom stereocenters. The largest absolute Gasteiger partial charge is 0.497 e. The standard InChI is InChI=1S/C17H20BrNO/c1-3-7-17(13-8-5-4-6-9-13)19-15-10-14(18)11-16(12-15)20-2/h4-6,8-12,17,19H,3,7H2,1-2H3. The summed E-state index contributed by atoms with van der Waals surface area (Å²) in [6.07, 6.45) is 2.23. The van der Waals surface area contributed by atoms with E-state index in [1.165, 1.54) is 5.56 Å². The Labute approximate surface area is 129 Å². The summed E-state index contributed by atoms with van der Waals surface area (Å²) in [6.45, 7) is 2.21. The zero-order chi connectivity index (χ0) is 14.4. The van der Waals surface area contributed by atoms with Crippen molar-refractivity contribution in [3.05, 3.63) is 58.6 Å². The molecule has 0 spiro atoms. The fourth-order valence-corrected chi connectivity index (χ4v) is 2.73. The van der Waals surface area contributed by atoms with Crippen LogP contribution in [0.4, 0.5) is 5.69 Å². The van der Waals surface area contributed by atoms with Crippen LogP contribution in [0.5, 0.6) is 5.75 Å². The summed E-state index contributed by atoms with van der Waals surface area (Å²) < 4.78 is 6.33. The van der Waals surface area contributed by atoms with E-state index in [2.05, 4.69) is 64.6 Å². The van der Waals surface area contributed by atoms with Crippen molar-refractivity contribution < 1.29 is 4.74 Å². The summed E-state index contributed by atoms with van der Waals surface area (Å²) in [5.41, 5.74) is 2.38. The Morgan fingerprint density at radius 1 is 1.15 bits per heavy atom. The molecular formula is C17H20BrNO. The first kappa shape index (κ1) is 14.9. The molecule has 0 aliphatic rings. The summed E-state index contributed by atoms with van der Waals surface area (Å²) in [5, 5.41) is 3.60. The molecule has 0 aromatic heterocycles. The highest BCUT2D eigenvalue weighted by molar-refractivity contribution is 9.10. The average molecular weight is 334 g/mol. The van der Waals surface area contributed by atoms with Gasteiger partial charge in [-0.3, -0.25) is 0 Å². The lowest BCUT2D eigenvalue weighted by Crippen LogP contribution is -2.10. The molecule has 2 rings (SSSR count). The number of anilines is 1. The Hall–Kier alpha value is -1.48. The van der Waals surface area contributed by atoms with Gasteiger partial charge in [0.25, 0.3) is 0 Å². The van der Waals surface area contributed by atoms with Gasteiger partial charge in [0, 0.05) is 16.2 Å². The molecule has 1 N–H and O–H groups in total. The SMILES string of the molecule is CCCC(Nc1cc(Br)cc(OC)c1)c1ccccc1. The number of benzene rings is 2. The van der Waals surface area contributed by atoms with E-state index in [9.17, 15) is 0 Å². The zero-order valence-electron chi connectivity index (χ0n) is 11.9. The highest BCUT2D eigenvalue weighted by Crippen LogP contribution is 2.29. The minimum atomic E-state index is 0.320. The Morgan fingerprint density at radius 3 is 2.55 bits per heavy atom. The van der Waals surface area contributed by atoms with Gasteiger partial charge in [-0.2, -0.15) is 0 Å². The van der Waals surface area contributed by atoms with Crippen LogP contribution in [0.1, 0.15) is 31.4 Å². The highest BCUT2D eigenvalue weighted by Gasteiger charge is 2.11. The van der Waals surface area contributed by atoms with E-state index in [4.69, 9.17) is 4.74 Å². The average Bonchev–Trinajstić information content (AvgIpc) is 2.47. The second-order valence-electron chi connectivity index (χ2n) is 4.78. The lowest BCUT2D eigenvalue weighted by atomic mass is 10.0. The number of methoxy groups -OCH3 is 1. The van der Waals surface area contributed by atoms with Crippen molar-refractivity contribution in [3.63, 3.8) is 0 Å². The molecule has 20 heavy (non-hydrogen) atoms. The minimum absolute atomic E-state index is 0.320.